The number of benzene rings is 1. The lowest BCUT2D eigenvalue weighted by Gasteiger charge is -2.12. The van der Waals surface area contributed by atoms with E-state index in [-0.39, 0.29) is 5.91 Å². The van der Waals surface area contributed by atoms with Gasteiger partial charge in [0, 0.05) is 24.8 Å². The van der Waals surface area contributed by atoms with Crippen LogP contribution in [0.5, 0.6) is 11.5 Å². The second kappa shape index (κ2) is 8.96. The largest absolute Gasteiger partial charge is 0.490 e. The number of carbonyl (C=O) groups is 1. The number of carbonyl (C=O) groups excluding carboxylic acids is 1. The van der Waals surface area contributed by atoms with Crippen molar-refractivity contribution in [3.63, 3.8) is 0 Å². The van der Waals surface area contributed by atoms with Gasteiger partial charge in [-0.3, -0.25) is 9.48 Å². The topological polar surface area (TPSA) is 65.4 Å². The van der Waals surface area contributed by atoms with Gasteiger partial charge < -0.3 is 14.8 Å². The van der Waals surface area contributed by atoms with Crippen LogP contribution in [0.2, 0.25) is 0 Å². The lowest BCUT2D eigenvalue weighted by atomic mass is 10.2. The van der Waals surface area contributed by atoms with Crippen LogP contribution in [0.1, 0.15) is 36.2 Å². The number of hydrogen-bond donors (Lipinski definition) is 1. The van der Waals surface area contributed by atoms with Gasteiger partial charge in [-0.1, -0.05) is 0 Å². The Morgan fingerprint density at radius 3 is 2.62 bits per heavy atom. The molecule has 0 aliphatic rings. The third kappa shape index (κ3) is 5.01. The molecule has 0 radical (unpaired) electrons. The standard InChI is InChI=1S/C18H25N3O3/c1-4-23-16-8-7-15(11-17(16)24-5-2)18(22)19-9-6-10-21-13-14(3)12-20-21/h7-8,11-13H,4-6,9-10H2,1-3H3,(H,19,22). The molecule has 0 fully saturated rings. The van der Waals surface area contributed by atoms with Gasteiger partial charge in [-0.25, -0.2) is 0 Å². The Bertz CT molecular complexity index is 667. The zero-order valence-electron chi connectivity index (χ0n) is 14.5. The van der Waals surface area contributed by atoms with E-state index in [4.69, 9.17) is 9.47 Å². The Morgan fingerprint density at radius 2 is 1.96 bits per heavy atom. The van der Waals surface area contributed by atoms with E-state index in [0.29, 0.717) is 36.8 Å². The number of rotatable bonds is 9. The van der Waals surface area contributed by atoms with Crippen molar-refractivity contribution in [2.75, 3.05) is 19.8 Å². The first kappa shape index (κ1) is 17.8. The van der Waals surface area contributed by atoms with E-state index in [1.54, 1.807) is 18.2 Å². The molecule has 130 valence electrons. The van der Waals surface area contributed by atoms with Crippen molar-refractivity contribution in [3.05, 3.63) is 41.7 Å². The minimum absolute atomic E-state index is 0.115. The van der Waals surface area contributed by atoms with Crippen LogP contribution in [-0.4, -0.2) is 35.4 Å². The molecule has 0 spiro atoms. The predicted molar refractivity (Wildman–Crippen MR) is 92.7 cm³/mol. The molecule has 0 unspecified atom stereocenters. The third-order valence-electron chi connectivity index (χ3n) is 3.42. The van der Waals surface area contributed by atoms with E-state index in [1.807, 2.05) is 37.8 Å². The number of ether oxygens (including phenoxy) is 2. The van der Waals surface area contributed by atoms with Gasteiger partial charge in [0.15, 0.2) is 11.5 Å². The van der Waals surface area contributed by atoms with Gasteiger partial charge in [0.05, 0.1) is 19.4 Å². The number of hydrogen-bond acceptors (Lipinski definition) is 4. The first-order valence-electron chi connectivity index (χ1n) is 8.31. The Kier molecular flexibility index (Phi) is 6.66. The summed E-state index contributed by atoms with van der Waals surface area (Å²) in [5.41, 5.74) is 1.70. The molecule has 1 aromatic heterocycles. The minimum Gasteiger partial charge on any atom is -0.490 e. The maximum absolute atomic E-state index is 12.3. The van der Waals surface area contributed by atoms with Crippen molar-refractivity contribution in [1.82, 2.24) is 15.1 Å². The molecule has 0 atom stereocenters. The summed E-state index contributed by atoms with van der Waals surface area (Å²) >= 11 is 0. The normalized spacial score (nSPS) is 10.5. The van der Waals surface area contributed by atoms with E-state index in [9.17, 15) is 4.79 Å². The molecule has 0 bridgehead atoms. The van der Waals surface area contributed by atoms with Crippen molar-refractivity contribution >= 4 is 5.91 Å². The summed E-state index contributed by atoms with van der Waals surface area (Å²) in [4.78, 5) is 12.3. The van der Waals surface area contributed by atoms with Crippen LogP contribution in [0.3, 0.4) is 0 Å². The summed E-state index contributed by atoms with van der Waals surface area (Å²) in [6.07, 6.45) is 4.64. The second-order valence-electron chi connectivity index (χ2n) is 5.42. The van der Waals surface area contributed by atoms with Crippen LogP contribution in [0.25, 0.3) is 0 Å². The molecule has 1 heterocycles. The van der Waals surface area contributed by atoms with Gasteiger partial charge in [0.1, 0.15) is 0 Å². The summed E-state index contributed by atoms with van der Waals surface area (Å²) < 4.78 is 12.9. The third-order valence-corrected chi connectivity index (χ3v) is 3.42. The van der Waals surface area contributed by atoms with Gasteiger partial charge in [-0.2, -0.15) is 5.10 Å². The molecule has 0 aliphatic carbocycles. The molecule has 2 aromatic rings. The fraction of sp³-hybridized carbons (Fsp3) is 0.444. The molecule has 1 amide bonds. The number of nitrogens with zero attached hydrogens (tertiary/aromatic N) is 2. The monoisotopic (exact) mass is 331 g/mol. The van der Waals surface area contributed by atoms with E-state index in [2.05, 4.69) is 10.4 Å². The average Bonchev–Trinajstić information content (AvgIpc) is 2.99. The lowest BCUT2D eigenvalue weighted by Crippen LogP contribution is -2.25. The predicted octanol–water partition coefficient (Wildman–Crippen LogP) is 2.81. The van der Waals surface area contributed by atoms with Crippen LogP contribution in [0, 0.1) is 6.92 Å². The molecule has 2 rings (SSSR count). The first-order valence-corrected chi connectivity index (χ1v) is 8.31. The molecule has 1 N–H and O–H groups in total. The molecule has 1 aromatic carbocycles. The number of aromatic nitrogens is 2. The minimum atomic E-state index is -0.115. The van der Waals surface area contributed by atoms with Crippen molar-refractivity contribution < 1.29 is 14.3 Å². The molecule has 24 heavy (non-hydrogen) atoms. The zero-order chi connectivity index (χ0) is 17.4. The summed E-state index contributed by atoms with van der Waals surface area (Å²) in [6, 6.07) is 5.25. The van der Waals surface area contributed by atoms with Gasteiger partial charge in [-0.05, 0) is 51.0 Å². The first-order chi connectivity index (χ1) is 11.6. The molecule has 6 nitrogen and oxygen atoms in total. The summed E-state index contributed by atoms with van der Waals surface area (Å²) in [7, 11) is 0. The Labute approximate surface area is 142 Å². The average molecular weight is 331 g/mol. The van der Waals surface area contributed by atoms with Crippen molar-refractivity contribution in [2.24, 2.45) is 0 Å². The summed E-state index contributed by atoms with van der Waals surface area (Å²) in [5, 5.41) is 7.14. The highest BCUT2D eigenvalue weighted by atomic mass is 16.5. The molecule has 0 aliphatic heterocycles. The molecule has 0 saturated heterocycles. The molecule has 6 heteroatoms. The van der Waals surface area contributed by atoms with Crippen LogP contribution >= 0.6 is 0 Å². The quantitative estimate of drug-likeness (QED) is 0.718. The highest BCUT2D eigenvalue weighted by molar-refractivity contribution is 5.94. The van der Waals surface area contributed by atoms with Crippen LogP contribution in [-0.2, 0) is 6.54 Å². The van der Waals surface area contributed by atoms with E-state index in [0.717, 1.165) is 18.5 Å². The van der Waals surface area contributed by atoms with Gasteiger partial charge >= 0.3 is 0 Å². The van der Waals surface area contributed by atoms with Crippen LogP contribution < -0.4 is 14.8 Å². The Hall–Kier alpha value is -2.50. The van der Waals surface area contributed by atoms with E-state index >= 15 is 0 Å². The number of nitrogens with one attached hydrogen (secondary N) is 1. The van der Waals surface area contributed by atoms with Crippen molar-refractivity contribution in [3.8, 4) is 11.5 Å². The lowest BCUT2D eigenvalue weighted by molar-refractivity contribution is 0.0952. The highest BCUT2D eigenvalue weighted by Crippen LogP contribution is 2.28. The van der Waals surface area contributed by atoms with Crippen molar-refractivity contribution in [1.29, 1.82) is 0 Å². The SMILES string of the molecule is CCOc1ccc(C(=O)NCCCn2cc(C)cn2)cc1OCC. The maximum Gasteiger partial charge on any atom is 0.251 e. The van der Waals surface area contributed by atoms with Gasteiger partial charge in [0.2, 0.25) is 0 Å². The number of amides is 1. The summed E-state index contributed by atoms with van der Waals surface area (Å²) in [6.45, 7) is 8.27. The van der Waals surface area contributed by atoms with Gasteiger partial charge in [-0.15, -0.1) is 0 Å². The zero-order valence-corrected chi connectivity index (χ0v) is 14.5. The Balaban J connectivity index is 1.87. The van der Waals surface area contributed by atoms with Gasteiger partial charge in [0.25, 0.3) is 5.91 Å². The second-order valence-corrected chi connectivity index (χ2v) is 5.42. The van der Waals surface area contributed by atoms with Crippen LogP contribution in [0.4, 0.5) is 0 Å². The fourth-order valence-electron chi connectivity index (χ4n) is 2.33. The number of aryl methyl sites for hydroxylation is 2. The smallest absolute Gasteiger partial charge is 0.251 e. The van der Waals surface area contributed by atoms with E-state index in [1.165, 1.54) is 0 Å². The molecular weight excluding hydrogens is 306 g/mol. The van der Waals surface area contributed by atoms with E-state index < -0.39 is 0 Å². The highest BCUT2D eigenvalue weighted by Gasteiger charge is 2.11. The molecule has 0 saturated carbocycles. The van der Waals surface area contributed by atoms with Crippen molar-refractivity contribution in [2.45, 2.75) is 33.7 Å². The van der Waals surface area contributed by atoms with Crippen LogP contribution in [0.15, 0.2) is 30.6 Å². The maximum atomic E-state index is 12.3. The Morgan fingerprint density at radius 1 is 1.21 bits per heavy atom. The molecular formula is C18H25N3O3. The fourth-order valence-corrected chi connectivity index (χ4v) is 2.33. The summed E-state index contributed by atoms with van der Waals surface area (Å²) in [5.74, 6) is 1.14.